The van der Waals surface area contributed by atoms with Gasteiger partial charge in [-0.25, -0.2) is 0 Å². The van der Waals surface area contributed by atoms with E-state index in [4.69, 9.17) is 0 Å². The Kier molecular flexibility index (Phi) is 2.84. The molecule has 0 aromatic heterocycles. The Hall–Kier alpha value is -0.470. The van der Waals surface area contributed by atoms with Crippen LogP contribution in [-0.2, 0) is 6.42 Å². The molecular formula is C12H16OS. The summed E-state index contributed by atoms with van der Waals surface area (Å²) >= 11 is 1.91. The van der Waals surface area contributed by atoms with E-state index in [1.165, 1.54) is 16.0 Å². The number of aliphatic hydroxyl groups excluding tert-OH is 1. The van der Waals surface area contributed by atoms with E-state index in [0.29, 0.717) is 5.25 Å². The lowest BCUT2D eigenvalue weighted by Gasteiger charge is -2.09. The minimum absolute atomic E-state index is 0.178. The van der Waals surface area contributed by atoms with Gasteiger partial charge in [0, 0.05) is 10.1 Å². The van der Waals surface area contributed by atoms with Crippen molar-refractivity contribution in [2.24, 2.45) is 0 Å². The van der Waals surface area contributed by atoms with Crippen molar-refractivity contribution in [1.82, 2.24) is 0 Å². The second-order valence-electron chi connectivity index (χ2n) is 4.14. The summed E-state index contributed by atoms with van der Waals surface area (Å²) in [6.07, 6.45) is 1.84. The quantitative estimate of drug-likeness (QED) is 0.806. The third-order valence-electron chi connectivity index (χ3n) is 2.56. The van der Waals surface area contributed by atoms with E-state index >= 15 is 0 Å². The summed E-state index contributed by atoms with van der Waals surface area (Å²) in [5, 5.41) is 9.91. The summed E-state index contributed by atoms with van der Waals surface area (Å²) in [4.78, 5) is 1.40. The predicted molar refractivity (Wildman–Crippen MR) is 60.8 cm³/mol. The fourth-order valence-electron chi connectivity index (χ4n) is 1.96. The molecule has 1 aliphatic heterocycles. The van der Waals surface area contributed by atoms with Gasteiger partial charge >= 0.3 is 0 Å². The number of fused-ring (bicyclic) bond motifs is 1. The number of aliphatic hydroxyl groups is 1. The molecule has 0 saturated carbocycles. The molecular weight excluding hydrogens is 192 g/mol. The zero-order chi connectivity index (χ0) is 10.1. The molecule has 1 nitrogen and oxygen atoms in total. The molecule has 0 saturated heterocycles. The zero-order valence-electron chi connectivity index (χ0n) is 8.66. The number of rotatable bonds is 2. The first-order valence-corrected chi connectivity index (χ1v) is 5.97. The third kappa shape index (κ3) is 2.12. The molecule has 0 radical (unpaired) electrons. The minimum atomic E-state index is -0.178. The zero-order valence-corrected chi connectivity index (χ0v) is 9.47. The molecule has 0 fully saturated rings. The Morgan fingerprint density at radius 2 is 2.36 bits per heavy atom. The van der Waals surface area contributed by atoms with E-state index in [-0.39, 0.29) is 6.10 Å². The summed E-state index contributed by atoms with van der Waals surface area (Å²) in [5.41, 5.74) is 2.79. The van der Waals surface area contributed by atoms with Gasteiger partial charge in [-0.2, -0.15) is 0 Å². The summed E-state index contributed by atoms with van der Waals surface area (Å²) in [6.45, 7) is 4.00. The normalized spacial score (nSPS) is 22.1. The molecule has 2 heteroatoms. The SMILES string of the molecule is Cc1ccc2c(c1)CC(CC(C)O)S2. The number of aryl methyl sites for hydroxylation is 1. The van der Waals surface area contributed by atoms with Gasteiger partial charge in [-0.05, 0) is 38.3 Å². The van der Waals surface area contributed by atoms with Gasteiger partial charge in [0.25, 0.3) is 0 Å². The van der Waals surface area contributed by atoms with E-state index in [9.17, 15) is 5.11 Å². The van der Waals surface area contributed by atoms with Crippen LogP contribution in [0.4, 0.5) is 0 Å². The van der Waals surface area contributed by atoms with Gasteiger partial charge in [-0.3, -0.25) is 0 Å². The molecule has 2 unspecified atom stereocenters. The summed E-state index contributed by atoms with van der Waals surface area (Å²) in [5.74, 6) is 0. The number of hydrogen-bond donors (Lipinski definition) is 1. The van der Waals surface area contributed by atoms with Crippen molar-refractivity contribution in [3.63, 3.8) is 0 Å². The van der Waals surface area contributed by atoms with Crippen molar-refractivity contribution in [2.75, 3.05) is 0 Å². The average molecular weight is 208 g/mol. The van der Waals surface area contributed by atoms with Crippen LogP contribution in [0.15, 0.2) is 23.1 Å². The highest BCUT2D eigenvalue weighted by atomic mass is 32.2. The van der Waals surface area contributed by atoms with Crippen molar-refractivity contribution in [2.45, 2.75) is 42.9 Å². The second kappa shape index (κ2) is 3.95. The van der Waals surface area contributed by atoms with Crippen LogP contribution in [0.2, 0.25) is 0 Å². The van der Waals surface area contributed by atoms with E-state index in [1.807, 2.05) is 18.7 Å². The van der Waals surface area contributed by atoms with Gasteiger partial charge in [0.05, 0.1) is 6.10 Å². The average Bonchev–Trinajstić information content (AvgIpc) is 2.44. The van der Waals surface area contributed by atoms with E-state index < -0.39 is 0 Å². The van der Waals surface area contributed by atoms with E-state index in [1.54, 1.807) is 0 Å². The lowest BCUT2D eigenvalue weighted by atomic mass is 10.0. The smallest absolute Gasteiger partial charge is 0.0522 e. The molecule has 1 aromatic carbocycles. The maximum atomic E-state index is 9.33. The standard InChI is InChI=1S/C12H16OS/c1-8-3-4-12-10(5-8)7-11(14-12)6-9(2)13/h3-5,9,11,13H,6-7H2,1-2H3. The predicted octanol–water partition coefficient (Wildman–Crippen LogP) is 2.78. The highest BCUT2D eigenvalue weighted by molar-refractivity contribution is 8.00. The Morgan fingerprint density at radius 3 is 3.07 bits per heavy atom. The van der Waals surface area contributed by atoms with Crippen molar-refractivity contribution >= 4 is 11.8 Å². The van der Waals surface area contributed by atoms with Gasteiger partial charge < -0.3 is 5.11 Å². The first-order valence-electron chi connectivity index (χ1n) is 5.09. The van der Waals surface area contributed by atoms with Crippen LogP contribution < -0.4 is 0 Å². The van der Waals surface area contributed by atoms with Crippen molar-refractivity contribution < 1.29 is 5.11 Å². The Balaban J connectivity index is 2.10. The molecule has 2 atom stereocenters. The lowest BCUT2D eigenvalue weighted by molar-refractivity contribution is 0.184. The van der Waals surface area contributed by atoms with Crippen LogP contribution in [0.5, 0.6) is 0 Å². The van der Waals surface area contributed by atoms with Crippen LogP contribution in [0.25, 0.3) is 0 Å². The summed E-state index contributed by atoms with van der Waals surface area (Å²) in [6, 6.07) is 6.64. The first-order chi connectivity index (χ1) is 6.65. The van der Waals surface area contributed by atoms with Crippen LogP contribution in [0.3, 0.4) is 0 Å². The molecule has 0 aliphatic carbocycles. The van der Waals surface area contributed by atoms with Crippen molar-refractivity contribution in [3.8, 4) is 0 Å². The van der Waals surface area contributed by atoms with Crippen LogP contribution in [0, 0.1) is 6.92 Å². The van der Waals surface area contributed by atoms with Crippen molar-refractivity contribution in [1.29, 1.82) is 0 Å². The van der Waals surface area contributed by atoms with E-state index in [2.05, 4.69) is 25.1 Å². The van der Waals surface area contributed by atoms with Gasteiger partial charge in [0.1, 0.15) is 0 Å². The topological polar surface area (TPSA) is 20.2 Å². The molecule has 1 aromatic rings. The fraction of sp³-hybridized carbons (Fsp3) is 0.500. The summed E-state index contributed by atoms with van der Waals surface area (Å²) in [7, 11) is 0. The largest absolute Gasteiger partial charge is 0.393 e. The maximum Gasteiger partial charge on any atom is 0.0522 e. The van der Waals surface area contributed by atoms with Gasteiger partial charge in [0.15, 0.2) is 0 Å². The lowest BCUT2D eigenvalue weighted by Crippen LogP contribution is -2.10. The highest BCUT2D eigenvalue weighted by Crippen LogP contribution is 2.39. The van der Waals surface area contributed by atoms with Gasteiger partial charge in [-0.1, -0.05) is 17.7 Å². The van der Waals surface area contributed by atoms with Gasteiger partial charge in [0.2, 0.25) is 0 Å². The minimum Gasteiger partial charge on any atom is -0.393 e. The number of hydrogen-bond acceptors (Lipinski definition) is 2. The van der Waals surface area contributed by atoms with Crippen LogP contribution in [-0.4, -0.2) is 16.5 Å². The molecule has 1 heterocycles. The first kappa shape index (κ1) is 10.1. The second-order valence-corrected chi connectivity index (χ2v) is 5.48. The maximum absolute atomic E-state index is 9.33. The molecule has 0 spiro atoms. The molecule has 0 amide bonds. The number of thioether (sulfide) groups is 1. The molecule has 0 bridgehead atoms. The highest BCUT2D eigenvalue weighted by Gasteiger charge is 2.23. The van der Waals surface area contributed by atoms with Crippen LogP contribution >= 0.6 is 11.8 Å². The Labute approximate surface area is 89.5 Å². The molecule has 14 heavy (non-hydrogen) atoms. The Bertz CT molecular complexity index is 333. The number of benzene rings is 1. The van der Waals surface area contributed by atoms with Crippen LogP contribution in [0.1, 0.15) is 24.5 Å². The van der Waals surface area contributed by atoms with E-state index in [0.717, 1.165) is 12.8 Å². The van der Waals surface area contributed by atoms with Gasteiger partial charge in [-0.15, -0.1) is 11.8 Å². The van der Waals surface area contributed by atoms with Crippen molar-refractivity contribution in [3.05, 3.63) is 29.3 Å². The summed E-state index contributed by atoms with van der Waals surface area (Å²) < 4.78 is 0. The third-order valence-corrected chi connectivity index (χ3v) is 3.91. The molecule has 1 N–H and O–H groups in total. The molecule has 1 aliphatic rings. The monoisotopic (exact) mass is 208 g/mol. The molecule has 2 rings (SSSR count). The molecule has 76 valence electrons. The Morgan fingerprint density at radius 1 is 1.57 bits per heavy atom. The fourth-order valence-corrected chi connectivity index (χ4v) is 3.40.